The van der Waals surface area contributed by atoms with Crippen LogP contribution in [0.2, 0.25) is 0 Å². The highest BCUT2D eigenvalue weighted by atomic mass is 32.2. The highest BCUT2D eigenvalue weighted by molar-refractivity contribution is 8.13. The Morgan fingerprint density at radius 1 is 0.962 bits per heavy atom. The second kappa shape index (κ2) is 11.6. The third-order valence-electron chi connectivity index (χ3n) is 2.42. The minimum absolute atomic E-state index is 0.229. The molecule has 10 nitrogen and oxygen atoms in total. The fraction of sp³-hybridized carbons (Fsp3) is 0.643. The van der Waals surface area contributed by atoms with Gasteiger partial charge < -0.3 is 24.3 Å². The summed E-state index contributed by atoms with van der Waals surface area (Å²) in [4.78, 5) is 56.8. The first-order valence-electron chi connectivity index (χ1n) is 7.19. The molecule has 0 aliphatic carbocycles. The summed E-state index contributed by atoms with van der Waals surface area (Å²) in [5.41, 5.74) is 0. The number of ether oxygens (including phenoxy) is 4. The van der Waals surface area contributed by atoms with Crippen LogP contribution >= 0.6 is 24.4 Å². The molecule has 0 aromatic rings. The Balaban J connectivity index is 4.68. The van der Waals surface area contributed by atoms with E-state index in [1.54, 1.807) is 0 Å². The van der Waals surface area contributed by atoms with E-state index in [1.807, 2.05) is 0 Å². The van der Waals surface area contributed by atoms with Crippen LogP contribution in [0.25, 0.3) is 0 Å². The summed E-state index contributed by atoms with van der Waals surface area (Å²) in [6.07, 6.45) is 0. The van der Waals surface area contributed by atoms with Crippen molar-refractivity contribution >= 4 is 53.5 Å². The Hall–Kier alpha value is -1.95. The summed E-state index contributed by atoms with van der Waals surface area (Å²) >= 11 is 4.64. The van der Waals surface area contributed by atoms with Crippen LogP contribution in [-0.2, 0) is 38.1 Å². The lowest BCUT2D eigenvalue weighted by Gasteiger charge is -2.22. The molecule has 0 rings (SSSR count). The Bertz CT molecular complexity index is 545. The molecule has 1 N–H and O–H groups in total. The molecule has 0 saturated carbocycles. The summed E-state index contributed by atoms with van der Waals surface area (Å²) in [6.45, 7) is 4.09. The molecular formula is C14H21NO9S2. The molecule has 1 atom stereocenters. The Kier molecular flexibility index (Phi) is 10.8. The molecule has 1 amide bonds. The minimum Gasteiger partial charge on any atom is -0.428 e. The molecule has 0 saturated heterocycles. The molecule has 148 valence electrons. The van der Waals surface area contributed by atoms with Crippen molar-refractivity contribution in [1.29, 1.82) is 0 Å². The Morgan fingerprint density at radius 3 is 1.92 bits per heavy atom. The maximum Gasteiger partial charge on any atom is 0.370 e. The second-order valence-electron chi connectivity index (χ2n) is 5.26. The van der Waals surface area contributed by atoms with Crippen LogP contribution in [0.4, 0.5) is 4.79 Å². The van der Waals surface area contributed by atoms with E-state index < -0.39 is 53.5 Å². The molecule has 0 aromatic heterocycles. The van der Waals surface area contributed by atoms with Gasteiger partial charge in [-0.25, -0.2) is 9.59 Å². The van der Waals surface area contributed by atoms with Crippen molar-refractivity contribution in [2.75, 3.05) is 19.3 Å². The highest BCUT2D eigenvalue weighted by Crippen LogP contribution is 2.14. The quantitative estimate of drug-likeness (QED) is 0.316. The average molecular weight is 411 g/mol. The first-order valence-corrected chi connectivity index (χ1v) is 8.63. The third kappa shape index (κ3) is 11.6. The highest BCUT2D eigenvalue weighted by Gasteiger charge is 2.30. The molecule has 0 aliphatic rings. The van der Waals surface area contributed by atoms with Gasteiger partial charge in [0.05, 0.1) is 4.75 Å². The normalized spacial score (nSPS) is 11.7. The fourth-order valence-electron chi connectivity index (χ4n) is 1.13. The van der Waals surface area contributed by atoms with Crippen molar-refractivity contribution in [2.24, 2.45) is 0 Å². The number of amides is 1. The molecule has 26 heavy (non-hydrogen) atoms. The molecule has 0 heterocycles. The number of esters is 3. The standard InChI is InChI=1S/C14H21NO9S2/c1-8(16)21-6-23-11(18)10(15-12(19)14(3,4)25)5-26-13(20)24-7-22-9(2)17/h10,25H,5-7H2,1-4H3,(H,15,19)/t10-/m0/s1. The SMILES string of the molecule is CC(=O)OCOC(=O)SC[C@H](NC(=O)C(C)(C)S)C(=O)OCOC(C)=O. The van der Waals surface area contributed by atoms with Gasteiger partial charge in [-0.05, 0) is 25.6 Å². The lowest BCUT2D eigenvalue weighted by atomic mass is 10.2. The first kappa shape index (κ1) is 24.1. The number of carbonyl (C=O) groups is 5. The number of thiol groups is 1. The van der Waals surface area contributed by atoms with Crippen LogP contribution in [0.1, 0.15) is 27.7 Å². The van der Waals surface area contributed by atoms with Crippen molar-refractivity contribution in [1.82, 2.24) is 5.32 Å². The number of hydrogen-bond acceptors (Lipinski definition) is 11. The molecule has 0 aliphatic heterocycles. The summed E-state index contributed by atoms with van der Waals surface area (Å²) in [5, 5.41) is 1.55. The number of hydrogen-bond donors (Lipinski definition) is 2. The maximum absolute atomic E-state index is 12.0. The van der Waals surface area contributed by atoms with Gasteiger partial charge in [0.25, 0.3) is 0 Å². The van der Waals surface area contributed by atoms with Gasteiger partial charge in [-0.3, -0.25) is 14.4 Å². The molecule has 0 bridgehead atoms. The first-order chi connectivity index (χ1) is 11.9. The van der Waals surface area contributed by atoms with Crippen LogP contribution < -0.4 is 5.32 Å². The van der Waals surface area contributed by atoms with Gasteiger partial charge in [-0.15, -0.1) is 0 Å². The van der Waals surface area contributed by atoms with Gasteiger partial charge in [0, 0.05) is 19.6 Å². The minimum atomic E-state index is -1.23. The van der Waals surface area contributed by atoms with E-state index in [-0.39, 0.29) is 5.75 Å². The predicted octanol–water partition coefficient (Wildman–Crippen LogP) is 0.634. The van der Waals surface area contributed by atoms with Gasteiger partial charge in [0.2, 0.25) is 19.5 Å². The van der Waals surface area contributed by atoms with Crippen molar-refractivity contribution in [3.8, 4) is 0 Å². The smallest absolute Gasteiger partial charge is 0.370 e. The number of thioether (sulfide) groups is 1. The summed E-state index contributed by atoms with van der Waals surface area (Å²) < 4.78 is 17.1. The van der Waals surface area contributed by atoms with Crippen molar-refractivity contribution in [2.45, 2.75) is 38.5 Å². The molecule has 12 heteroatoms. The summed E-state index contributed by atoms with van der Waals surface area (Å²) in [5.74, 6) is -3.01. The Morgan fingerprint density at radius 2 is 1.46 bits per heavy atom. The lowest BCUT2D eigenvalue weighted by Crippen LogP contribution is -2.49. The summed E-state index contributed by atoms with van der Waals surface area (Å²) in [7, 11) is 0. The monoisotopic (exact) mass is 411 g/mol. The molecule has 0 aromatic carbocycles. The largest absolute Gasteiger partial charge is 0.428 e. The van der Waals surface area contributed by atoms with Gasteiger partial charge in [0.1, 0.15) is 6.04 Å². The van der Waals surface area contributed by atoms with Crippen molar-refractivity contribution in [3.05, 3.63) is 0 Å². The fourth-order valence-corrected chi connectivity index (χ4v) is 1.85. The second-order valence-corrected chi connectivity index (χ2v) is 7.33. The zero-order valence-electron chi connectivity index (χ0n) is 14.7. The molecular weight excluding hydrogens is 390 g/mol. The molecule has 0 unspecified atom stereocenters. The van der Waals surface area contributed by atoms with Crippen molar-refractivity contribution < 1.29 is 42.9 Å². The van der Waals surface area contributed by atoms with E-state index in [1.165, 1.54) is 13.8 Å². The van der Waals surface area contributed by atoms with Crippen LogP contribution in [0.5, 0.6) is 0 Å². The van der Waals surface area contributed by atoms with Crippen LogP contribution in [-0.4, -0.2) is 59.2 Å². The number of nitrogens with one attached hydrogen (secondary N) is 1. The van der Waals surface area contributed by atoms with E-state index in [4.69, 9.17) is 4.74 Å². The van der Waals surface area contributed by atoms with E-state index in [0.29, 0.717) is 11.8 Å². The molecule has 0 fully saturated rings. The molecule has 0 spiro atoms. The lowest BCUT2D eigenvalue weighted by molar-refractivity contribution is -0.167. The topological polar surface area (TPSA) is 134 Å². The van der Waals surface area contributed by atoms with Gasteiger partial charge >= 0.3 is 23.2 Å². The van der Waals surface area contributed by atoms with Crippen LogP contribution in [0, 0.1) is 0 Å². The molecule has 0 radical (unpaired) electrons. The van der Waals surface area contributed by atoms with Crippen molar-refractivity contribution in [3.63, 3.8) is 0 Å². The van der Waals surface area contributed by atoms with Gasteiger partial charge in [0.15, 0.2) is 0 Å². The predicted molar refractivity (Wildman–Crippen MR) is 93.3 cm³/mol. The Labute approximate surface area is 160 Å². The third-order valence-corrected chi connectivity index (χ3v) is 3.47. The maximum atomic E-state index is 12.0. The average Bonchev–Trinajstić information content (AvgIpc) is 2.49. The van der Waals surface area contributed by atoms with Crippen LogP contribution in [0.15, 0.2) is 0 Å². The van der Waals surface area contributed by atoms with Gasteiger partial charge in [-0.2, -0.15) is 12.6 Å². The van der Waals surface area contributed by atoms with Crippen LogP contribution in [0.3, 0.4) is 0 Å². The zero-order chi connectivity index (χ0) is 20.3. The summed E-state index contributed by atoms with van der Waals surface area (Å²) in [6, 6.07) is -1.23. The van der Waals surface area contributed by atoms with Gasteiger partial charge in [-0.1, -0.05) is 0 Å². The van der Waals surface area contributed by atoms with E-state index >= 15 is 0 Å². The van der Waals surface area contributed by atoms with E-state index in [2.05, 4.69) is 32.2 Å². The van der Waals surface area contributed by atoms with E-state index in [9.17, 15) is 24.0 Å². The number of rotatable bonds is 9. The number of carbonyl (C=O) groups excluding carboxylic acids is 5. The van der Waals surface area contributed by atoms with E-state index in [0.717, 1.165) is 13.8 Å². The zero-order valence-corrected chi connectivity index (χ0v) is 16.4.